The summed E-state index contributed by atoms with van der Waals surface area (Å²) in [6.07, 6.45) is 0.218. The van der Waals surface area contributed by atoms with Crippen molar-refractivity contribution in [3.63, 3.8) is 0 Å². The van der Waals surface area contributed by atoms with Gasteiger partial charge in [0.2, 0.25) is 5.91 Å². The summed E-state index contributed by atoms with van der Waals surface area (Å²) >= 11 is 0. The Labute approximate surface area is 216 Å². The first-order valence-electron chi connectivity index (χ1n) is 11.9. The number of aryl methyl sites for hydroxylation is 1. The quantitative estimate of drug-likeness (QED) is 0.248. The van der Waals surface area contributed by atoms with Crippen molar-refractivity contribution in [3.05, 3.63) is 131 Å². The first-order valence-corrected chi connectivity index (χ1v) is 11.9. The minimum atomic E-state index is -1.27. The lowest BCUT2D eigenvalue weighted by molar-refractivity contribution is -0.121. The van der Waals surface area contributed by atoms with Crippen molar-refractivity contribution in [3.8, 4) is 5.75 Å². The highest BCUT2D eigenvalue weighted by atomic mass is 16.5. The number of esters is 1. The van der Waals surface area contributed by atoms with Gasteiger partial charge in [-0.15, -0.1) is 0 Å². The molecule has 6 nitrogen and oxygen atoms in total. The summed E-state index contributed by atoms with van der Waals surface area (Å²) in [4.78, 5) is 38.9. The topological polar surface area (TPSA) is 84.5 Å². The van der Waals surface area contributed by atoms with Gasteiger partial charge in [-0.05, 0) is 67.4 Å². The van der Waals surface area contributed by atoms with Crippen molar-refractivity contribution in [2.75, 3.05) is 5.32 Å². The van der Waals surface area contributed by atoms with E-state index in [2.05, 4.69) is 10.6 Å². The molecule has 0 radical (unpaired) electrons. The van der Waals surface area contributed by atoms with Crippen LogP contribution in [0.2, 0.25) is 0 Å². The molecule has 0 aliphatic carbocycles. The first-order chi connectivity index (χ1) is 17.8. The molecular formula is C31H28N2O4. The lowest BCUT2D eigenvalue weighted by Gasteiger charge is -2.30. The van der Waals surface area contributed by atoms with Crippen LogP contribution in [0.1, 0.15) is 38.8 Å². The average molecular weight is 493 g/mol. The highest BCUT2D eigenvalue weighted by molar-refractivity contribution is 6.04. The molecule has 0 aliphatic rings. The molecule has 0 heterocycles. The number of para-hydroxylation sites is 1. The summed E-state index contributed by atoms with van der Waals surface area (Å²) in [5.74, 6) is -0.759. The molecule has 0 aliphatic heterocycles. The fourth-order valence-corrected chi connectivity index (χ4v) is 3.89. The number of carbonyl (C=O) groups is 3. The molecule has 37 heavy (non-hydrogen) atoms. The minimum absolute atomic E-state index is 0.218. The van der Waals surface area contributed by atoms with Gasteiger partial charge in [0.05, 0.1) is 5.56 Å². The van der Waals surface area contributed by atoms with Crippen molar-refractivity contribution >= 4 is 23.5 Å². The van der Waals surface area contributed by atoms with Crippen LogP contribution in [0.15, 0.2) is 109 Å². The lowest BCUT2D eigenvalue weighted by atomic mass is 9.90. The van der Waals surface area contributed by atoms with Crippen molar-refractivity contribution < 1.29 is 19.1 Å². The van der Waals surface area contributed by atoms with Crippen LogP contribution in [0.5, 0.6) is 5.75 Å². The maximum absolute atomic E-state index is 13.5. The monoisotopic (exact) mass is 492 g/mol. The summed E-state index contributed by atoms with van der Waals surface area (Å²) in [6, 6.07) is 31.9. The van der Waals surface area contributed by atoms with E-state index in [-0.39, 0.29) is 18.2 Å². The van der Waals surface area contributed by atoms with Gasteiger partial charge < -0.3 is 15.4 Å². The summed E-state index contributed by atoms with van der Waals surface area (Å²) in [6.45, 7) is 3.61. The van der Waals surface area contributed by atoms with E-state index in [1.165, 1.54) is 0 Å². The first kappa shape index (κ1) is 25.4. The van der Waals surface area contributed by atoms with Gasteiger partial charge in [-0.25, -0.2) is 4.79 Å². The van der Waals surface area contributed by atoms with E-state index in [4.69, 9.17) is 4.74 Å². The van der Waals surface area contributed by atoms with Crippen LogP contribution in [0, 0.1) is 6.92 Å². The molecule has 0 spiro atoms. The van der Waals surface area contributed by atoms with Crippen LogP contribution in [-0.2, 0) is 11.2 Å². The van der Waals surface area contributed by atoms with E-state index < -0.39 is 11.5 Å². The molecule has 186 valence electrons. The van der Waals surface area contributed by atoms with E-state index in [9.17, 15) is 14.4 Å². The second-order valence-corrected chi connectivity index (χ2v) is 9.00. The molecule has 1 unspecified atom stereocenters. The molecule has 0 aromatic heterocycles. The molecule has 2 amide bonds. The number of benzene rings is 4. The molecule has 0 bridgehead atoms. The Kier molecular flexibility index (Phi) is 7.79. The van der Waals surface area contributed by atoms with Gasteiger partial charge in [0.25, 0.3) is 5.91 Å². The number of rotatable bonds is 8. The van der Waals surface area contributed by atoms with Gasteiger partial charge in [0.1, 0.15) is 11.3 Å². The molecule has 4 rings (SSSR count). The standard InChI is InChI=1S/C31H28N2O4/c1-22-11-9-10-16-27(22)32-30(36)31(2,33-28(34)24-12-5-3-6-13-24)21-23-17-19-26(20-18-23)37-29(35)25-14-7-4-8-15-25/h3-20H,21H2,1-2H3,(H,32,36)(H,33,34). The van der Waals surface area contributed by atoms with Gasteiger partial charge >= 0.3 is 5.97 Å². The summed E-state index contributed by atoms with van der Waals surface area (Å²) in [7, 11) is 0. The summed E-state index contributed by atoms with van der Waals surface area (Å²) in [5, 5.41) is 5.89. The zero-order valence-electron chi connectivity index (χ0n) is 20.7. The minimum Gasteiger partial charge on any atom is -0.423 e. The van der Waals surface area contributed by atoms with Crippen LogP contribution in [0.4, 0.5) is 5.69 Å². The second-order valence-electron chi connectivity index (χ2n) is 9.00. The van der Waals surface area contributed by atoms with Crippen LogP contribution >= 0.6 is 0 Å². The maximum Gasteiger partial charge on any atom is 0.343 e. The van der Waals surface area contributed by atoms with E-state index in [0.717, 1.165) is 11.1 Å². The van der Waals surface area contributed by atoms with Crippen molar-refractivity contribution in [1.82, 2.24) is 5.32 Å². The fraction of sp³-hybridized carbons (Fsp3) is 0.129. The highest BCUT2D eigenvalue weighted by Gasteiger charge is 2.36. The van der Waals surface area contributed by atoms with Crippen LogP contribution in [0.3, 0.4) is 0 Å². The maximum atomic E-state index is 13.5. The molecule has 0 fully saturated rings. The van der Waals surface area contributed by atoms with Gasteiger partial charge in [0.15, 0.2) is 0 Å². The Hall–Kier alpha value is -4.71. The van der Waals surface area contributed by atoms with E-state index in [1.54, 1.807) is 79.7 Å². The molecule has 6 heteroatoms. The fourth-order valence-electron chi connectivity index (χ4n) is 3.89. The number of nitrogens with one attached hydrogen (secondary N) is 2. The Balaban J connectivity index is 1.54. The van der Waals surface area contributed by atoms with Crippen LogP contribution in [0.25, 0.3) is 0 Å². The van der Waals surface area contributed by atoms with E-state index >= 15 is 0 Å². The zero-order valence-corrected chi connectivity index (χ0v) is 20.7. The Morgan fingerprint density at radius 3 is 1.92 bits per heavy atom. The zero-order chi connectivity index (χ0) is 26.3. The number of carbonyl (C=O) groups excluding carboxylic acids is 3. The summed E-state index contributed by atoms with van der Waals surface area (Å²) < 4.78 is 5.46. The molecule has 4 aromatic rings. The number of hydrogen-bond donors (Lipinski definition) is 2. The molecule has 1 atom stereocenters. The number of ether oxygens (including phenoxy) is 1. The van der Waals surface area contributed by atoms with E-state index in [1.807, 2.05) is 43.3 Å². The summed E-state index contributed by atoms with van der Waals surface area (Å²) in [5.41, 5.74) is 2.02. The Morgan fingerprint density at radius 2 is 1.30 bits per heavy atom. The number of hydrogen-bond acceptors (Lipinski definition) is 4. The van der Waals surface area contributed by atoms with Gasteiger partial charge in [0, 0.05) is 17.7 Å². The molecule has 2 N–H and O–H groups in total. The molecule has 4 aromatic carbocycles. The SMILES string of the molecule is Cc1ccccc1NC(=O)C(C)(Cc1ccc(OC(=O)c2ccccc2)cc1)NC(=O)c1ccccc1. The third-order valence-corrected chi connectivity index (χ3v) is 6.02. The Bertz CT molecular complexity index is 1390. The normalized spacial score (nSPS) is 12.2. The third kappa shape index (κ3) is 6.49. The second kappa shape index (κ2) is 11.4. The smallest absolute Gasteiger partial charge is 0.343 e. The van der Waals surface area contributed by atoms with Gasteiger partial charge in [-0.1, -0.05) is 66.7 Å². The molecular weight excluding hydrogens is 464 g/mol. The van der Waals surface area contributed by atoms with Crippen molar-refractivity contribution in [2.24, 2.45) is 0 Å². The number of amides is 2. The predicted molar refractivity (Wildman–Crippen MR) is 144 cm³/mol. The molecule has 0 saturated carbocycles. The average Bonchev–Trinajstić information content (AvgIpc) is 2.92. The molecule has 0 saturated heterocycles. The predicted octanol–water partition coefficient (Wildman–Crippen LogP) is 5.58. The van der Waals surface area contributed by atoms with Crippen LogP contribution in [-0.4, -0.2) is 23.3 Å². The highest BCUT2D eigenvalue weighted by Crippen LogP contribution is 2.22. The van der Waals surface area contributed by atoms with E-state index in [0.29, 0.717) is 22.6 Å². The van der Waals surface area contributed by atoms with Crippen molar-refractivity contribution in [2.45, 2.75) is 25.8 Å². The van der Waals surface area contributed by atoms with Gasteiger partial charge in [-0.3, -0.25) is 9.59 Å². The third-order valence-electron chi connectivity index (χ3n) is 6.02. The largest absolute Gasteiger partial charge is 0.423 e. The number of anilines is 1. The van der Waals surface area contributed by atoms with Gasteiger partial charge in [-0.2, -0.15) is 0 Å². The Morgan fingerprint density at radius 1 is 0.730 bits per heavy atom. The van der Waals surface area contributed by atoms with Crippen LogP contribution < -0.4 is 15.4 Å². The lowest BCUT2D eigenvalue weighted by Crippen LogP contribution is -2.56. The van der Waals surface area contributed by atoms with Crippen molar-refractivity contribution in [1.29, 1.82) is 0 Å².